The van der Waals surface area contributed by atoms with Crippen LogP contribution in [0.15, 0.2) is 72.8 Å². The number of amides is 3. The van der Waals surface area contributed by atoms with E-state index in [1.54, 1.807) is 34.9 Å². The molecule has 2 aromatic rings. The van der Waals surface area contributed by atoms with Gasteiger partial charge in [0.25, 0.3) is 8.32 Å². The van der Waals surface area contributed by atoms with Crippen molar-refractivity contribution in [1.29, 1.82) is 0 Å². The molecule has 44 heavy (non-hydrogen) atoms. The van der Waals surface area contributed by atoms with E-state index in [1.807, 2.05) is 60.7 Å². The lowest BCUT2D eigenvalue weighted by atomic mass is 10.1. The summed E-state index contributed by atoms with van der Waals surface area (Å²) in [5.41, 5.74) is -0.997. The van der Waals surface area contributed by atoms with Gasteiger partial charge >= 0.3 is 18.2 Å². The third-order valence-corrected chi connectivity index (χ3v) is 11.8. The highest BCUT2D eigenvalue weighted by molar-refractivity contribution is 6.99. The van der Waals surface area contributed by atoms with Crippen molar-refractivity contribution in [3.05, 3.63) is 72.8 Å². The van der Waals surface area contributed by atoms with Crippen LogP contribution in [0.3, 0.4) is 0 Å². The number of imide groups is 1. The zero-order chi connectivity index (χ0) is 33.1. The quantitative estimate of drug-likeness (QED) is 0.202. The first kappa shape index (κ1) is 36.2. The Balaban J connectivity index is 2.30. The highest BCUT2D eigenvalue weighted by atomic mass is 28.4. The zero-order valence-electron chi connectivity index (χ0n) is 27.0. The van der Waals surface area contributed by atoms with E-state index < -0.39 is 38.1 Å². The Labute approximate surface area is 261 Å². The van der Waals surface area contributed by atoms with Crippen LogP contribution < -0.4 is 10.4 Å². The summed E-state index contributed by atoms with van der Waals surface area (Å²) < 4.78 is 17.6. The van der Waals surface area contributed by atoms with Crippen LogP contribution in [0, 0.1) is 0 Å². The smallest absolute Gasteiger partial charge is 0.420 e. The van der Waals surface area contributed by atoms with Crippen molar-refractivity contribution in [2.75, 3.05) is 27.3 Å². The molecule has 0 aliphatic rings. The van der Waals surface area contributed by atoms with E-state index >= 15 is 0 Å². The van der Waals surface area contributed by atoms with E-state index in [1.165, 1.54) is 17.1 Å². The van der Waals surface area contributed by atoms with E-state index in [4.69, 9.17) is 13.9 Å². The average molecular weight is 627 g/mol. The monoisotopic (exact) mass is 626 g/mol. The number of carboxylic acid groups (broad SMARTS) is 1. The lowest BCUT2D eigenvalue weighted by Crippen LogP contribution is -2.66. The lowest BCUT2D eigenvalue weighted by Gasteiger charge is -2.43. The van der Waals surface area contributed by atoms with Crippen LogP contribution in [-0.2, 0) is 23.5 Å². The number of rotatable bonds is 12. The predicted molar refractivity (Wildman–Crippen MR) is 171 cm³/mol. The van der Waals surface area contributed by atoms with Crippen LogP contribution in [0.5, 0.6) is 0 Å². The fourth-order valence-corrected chi connectivity index (χ4v) is 9.29. The third kappa shape index (κ3) is 9.78. The van der Waals surface area contributed by atoms with Gasteiger partial charge in [-0.15, -0.1) is 0 Å². The molecule has 10 nitrogen and oxygen atoms in total. The van der Waals surface area contributed by atoms with Gasteiger partial charge in [-0.1, -0.05) is 87.5 Å². The van der Waals surface area contributed by atoms with Crippen LogP contribution in [0.25, 0.3) is 0 Å². The van der Waals surface area contributed by atoms with E-state index in [0.717, 1.165) is 10.4 Å². The van der Waals surface area contributed by atoms with Crippen LogP contribution in [0.2, 0.25) is 5.04 Å². The molecule has 11 heteroatoms. The molecule has 1 atom stereocenters. The molecule has 3 amide bonds. The first-order valence-corrected chi connectivity index (χ1v) is 16.5. The van der Waals surface area contributed by atoms with Crippen LogP contribution in [-0.4, -0.2) is 86.2 Å². The lowest BCUT2D eigenvalue weighted by molar-refractivity contribution is -0.142. The van der Waals surface area contributed by atoms with Crippen molar-refractivity contribution >= 4 is 42.8 Å². The molecule has 0 unspecified atom stereocenters. The predicted octanol–water partition coefficient (Wildman–Crippen LogP) is 4.81. The number of allylic oxidation sites excluding steroid dienone is 1. The second kappa shape index (κ2) is 15.7. The minimum absolute atomic E-state index is 0.00824. The van der Waals surface area contributed by atoms with Gasteiger partial charge in [-0.3, -0.25) is 4.79 Å². The Kier molecular flexibility index (Phi) is 12.9. The van der Waals surface area contributed by atoms with Crippen LogP contribution in [0.1, 0.15) is 54.4 Å². The fraction of sp³-hybridized carbons (Fsp3) is 0.455. The molecular formula is C33H46N2O8Si. The molecule has 2 aromatic carbocycles. The summed E-state index contributed by atoms with van der Waals surface area (Å²) in [6.07, 6.45) is 0.452. The molecule has 0 radical (unpaired) electrons. The summed E-state index contributed by atoms with van der Waals surface area (Å²) in [6, 6.07) is 18.3. The van der Waals surface area contributed by atoms with Gasteiger partial charge in [0.1, 0.15) is 18.2 Å². The second-order valence-electron chi connectivity index (χ2n) is 12.5. The van der Waals surface area contributed by atoms with E-state index in [0.29, 0.717) is 4.90 Å². The fourth-order valence-electron chi connectivity index (χ4n) is 4.75. The van der Waals surface area contributed by atoms with Crippen molar-refractivity contribution in [2.45, 2.75) is 71.1 Å². The molecular weight excluding hydrogens is 580 g/mol. The molecule has 0 saturated heterocycles. The summed E-state index contributed by atoms with van der Waals surface area (Å²) in [7, 11) is 0.265. The van der Waals surface area contributed by atoms with E-state index in [2.05, 4.69) is 20.8 Å². The van der Waals surface area contributed by atoms with Gasteiger partial charge in [0.2, 0.25) is 5.91 Å². The van der Waals surface area contributed by atoms with E-state index in [9.17, 15) is 24.3 Å². The molecule has 0 aliphatic heterocycles. The second-order valence-corrected chi connectivity index (χ2v) is 16.8. The van der Waals surface area contributed by atoms with Gasteiger partial charge in [-0.05, 0) is 55.1 Å². The molecule has 0 saturated carbocycles. The van der Waals surface area contributed by atoms with Crippen molar-refractivity contribution < 1.29 is 38.2 Å². The third-order valence-electron chi connectivity index (χ3n) is 6.74. The Morgan fingerprint density at radius 3 is 1.80 bits per heavy atom. The largest absolute Gasteiger partial charge is 0.480 e. The van der Waals surface area contributed by atoms with Gasteiger partial charge in [0, 0.05) is 14.1 Å². The average Bonchev–Trinajstić information content (AvgIpc) is 2.93. The van der Waals surface area contributed by atoms with Gasteiger partial charge in [0.15, 0.2) is 0 Å². The molecule has 0 aliphatic carbocycles. The van der Waals surface area contributed by atoms with Gasteiger partial charge in [-0.2, -0.15) is 4.90 Å². The standard InChI is InChI=1S/C33H46N2O8Si/c1-32(2,3)43-31(40)35(27(29(37)38)21-15-16-22-28(36)34(7)8)30(39)41-23-24-42-44(33(4,5)6,25-17-11-9-12-18-25)26-19-13-10-14-20-26/h9-14,16-20,22,27H,15,21,23-24H2,1-8H3,(H,37,38)/b22-16+/t27-/m0/s1. The molecule has 0 heterocycles. The Morgan fingerprint density at radius 2 is 1.36 bits per heavy atom. The zero-order valence-corrected chi connectivity index (χ0v) is 28.0. The highest BCUT2D eigenvalue weighted by Gasteiger charge is 2.50. The van der Waals surface area contributed by atoms with E-state index in [-0.39, 0.29) is 37.0 Å². The number of aliphatic carboxylic acids is 1. The number of carbonyl (C=O) groups is 4. The van der Waals surface area contributed by atoms with Crippen molar-refractivity contribution in [2.24, 2.45) is 0 Å². The molecule has 0 aromatic heterocycles. The number of benzene rings is 2. The maximum atomic E-state index is 13.3. The number of ether oxygens (including phenoxy) is 2. The molecule has 2 rings (SSSR count). The molecule has 1 N–H and O–H groups in total. The molecule has 0 fully saturated rings. The maximum absolute atomic E-state index is 13.3. The Morgan fingerprint density at radius 1 is 0.841 bits per heavy atom. The van der Waals surface area contributed by atoms with Crippen molar-refractivity contribution in [3.8, 4) is 0 Å². The SMILES string of the molecule is CN(C)C(=O)/C=C/CC[C@@H](C(=O)O)N(C(=O)OCCO[Si](c1ccccc1)(c1ccccc1)C(C)(C)C)C(=O)OC(C)(C)C. The number of nitrogens with zero attached hydrogens (tertiary/aromatic N) is 2. The van der Waals surface area contributed by atoms with Gasteiger partial charge in [-0.25, -0.2) is 14.4 Å². The summed E-state index contributed by atoms with van der Waals surface area (Å²) in [5.74, 6) is -1.69. The van der Waals surface area contributed by atoms with Crippen LogP contribution in [0.4, 0.5) is 9.59 Å². The summed E-state index contributed by atoms with van der Waals surface area (Å²) >= 11 is 0. The van der Waals surface area contributed by atoms with Crippen molar-refractivity contribution in [3.63, 3.8) is 0 Å². The minimum Gasteiger partial charge on any atom is -0.480 e. The molecule has 0 spiro atoms. The first-order chi connectivity index (χ1) is 20.5. The summed E-state index contributed by atoms with van der Waals surface area (Å²) in [4.78, 5) is 52.4. The normalized spacial score (nSPS) is 12.8. The number of carbonyl (C=O) groups excluding carboxylic acids is 3. The summed E-state index contributed by atoms with van der Waals surface area (Å²) in [6.45, 7) is 11.0. The van der Waals surface area contributed by atoms with Crippen LogP contribution >= 0.6 is 0 Å². The molecule has 240 valence electrons. The van der Waals surface area contributed by atoms with Crippen molar-refractivity contribution in [1.82, 2.24) is 9.80 Å². The topological polar surface area (TPSA) is 123 Å². The number of hydrogen-bond donors (Lipinski definition) is 1. The number of carboxylic acids is 1. The highest BCUT2D eigenvalue weighted by Crippen LogP contribution is 2.36. The minimum atomic E-state index is -2.91. The van der Waals surface area contributed by atoms with Gasteiger partial charge < -0.3 is 23.9 Å². The summed E-state index contributed by atoms with van der Waals surface area (Å²) in [5, 5.41) is 11.8. The number of hydrogen-bond acceptors (Lipinski definition) is 7. The van der Waals surface area contributed by atoms with Gasteiger partial charge in [0.05, 0.1) is 6.61 Å². The maximum Gasteiger partial charge on any atom is 0.420 e. The molecule has 0 bridgehead atoms. The number of likely N-dealkylation sites (N-methyl/N-ethyl adjacent to an activating group) is 1. The Hall–Kier alpha value is -3.96. The first-order valence-electron chi connectivity index (χ1n) is 14.6. The Bertz CT molecular complexity index is 1240.